The van der Waals surface area contributed by atoms with E-state index in [1.165, 1.54) is 17.7 Å². The Kier molecular flexibility index (Phi) is 3.56. The fourth-order valence-electron chi connectivity index (χ4n) is 2.46. The van der Waals surface area contributed by atoms with Gasteiger partial charge < -0.3 is 4.57 Å². The molecule has 21 heavy (non-hydrogen) atoms. The summed E-state index contributed by atoms with van der Waals surface area (Å²) < 4.78 is 17.1. The van der Waals surface area contributed by atoms with Crippen LogP contribution in [0.25, 0.3) is 11.4 Å². The van der Waals surface area contributed by atoms with Crippen molar-refractivity contribution < 1.29 is 4.39 Å². The predicted octanol–water partition coefficient (Wildman–Crippen LogP) is 2.97. The van der Waals surface area contributed by atoms with Gasteiger partial charge in [0.1, 0.15) is 11.6 Å². The molecule has 0 bridgehead atoms. The molecule has 5 heteroatoms. The van der Waals surface area contributed by atoms with Crippen molar-refractivity contribution in [1.82, 2.24) is 19.3 Å². The summed E-state index contributed by atoms with van der Waals surface area (Å²) in [5.41, 5.74) is 3.05. The van der Waals surface area contributed by atoms with Crippen LogP contribution in [0.2, 0.25) is 0 Å². The maximum absolute atomic E-state index is 13.2. The third-order valence-electron chi connectivity index (χ3n) is 3.54. The van der Waals surface area contributed by atoms with Gasteiger partial charge in [-0.05, 0) is 42.7 Å². The molecule has 0 saturated carbocycles. The number of nitrogens with zero attached hydrogens (tertiary/aromatic N) is 4. The maximum Gasteiger partial charge on any atom is 0.140 e. The summed E-state index contributed by atoms with van der Waals surface area (Å²) in [7, 11) is 1.91. The van der Waals surface area contributed by atoms with Crippen molar-refractivity contribution in [2.45, 2.75) is 19.9 Å². The lowest BCUT2D eigenvalue weighted by Gasteiger charge is -2.09. The van der Waals surface area contributed by atoms with Crippen LogP contribution in [0.1, 0.15) is 11.1 Å². The van der Waals surface area contributed by atoms with Crippen molar-refractivity contribution >= 4 is 0 Å². The van der Waals surface area contributed by atoms with Crippen molar-refractivity contribution in [3.63, 3.8) is 0 Å². The van der Waals surface area contributed by atoms with Crippen molar-refractivity contribution in [2.75, 3.05) is 0 Å². The second-order valence-electron chi connectivity index (χ2n) is 5.18. The first-order valence-electron chi connectivity index (χ1n) is 6.88. The van der Waals surface area contributed by atoms with Gasteiger partial charge in [0.2, 0.25) is 0 Å². The number of rotatable bonds is 4. The van der Waals surface area contributed by atoms with Gasteiger partial charge in [-0.25, -0.2) is 9.37 Å². The predicted molar refractivity (Wildman–Crippen MR) is 79.3 cm³/mol. The quantitative estimate of drug-likeness (QED) is 0.738. The monoisotopic (exact) mass is 284 g/mol. The molecular formula is C16H17FN4. The summed E-state index contributed by atoms with van der Waals surface area (Å²) in [5, 5.41) is 4.17. The number of hydrogen-bond acceptors (Lipinski definition) is 2. The van der Waals surface area contributed by atoms with E-state index in [1.807, 2.05) is 32.6 Å². The Bertz CT molecular complexity index is 757. The van der Waals surface area contributed by atoms with Gasteiger partial charge in [0, 0.05) is 37.7 Å². The largest absolute Gasteiger partial charge is 0.331 e. The number of hydrogen-bond donors (Lipinski definition) is 0. The van der Waals surface area contributed by atoms with Crippen LogP contribution in [0.15, 0.2) is 43.0 Å². The van der Waals surface area contributed by atoms with Crippen molar-refractivity contribution in [3.05, 3.63) is 59.9 Å². The van der Waals surface area contributed by atoms with Gasteiger partial charge in [-0.15, -0.1) is 0 Å². The normalized spacial score (nSPS) is 11.0. The number of imidazole rings is 1. The average molecular weight is 284 g/mol. The van der Waals surface area contributed by atoms with E-state index in [1.54, 1.807) is 16.9 Å². The Morgan fingerprint density at radius 2 is 2.14 bits per heavy atom. The molecule has 0 unspecified atom stereocenters. The van der Waals surface area contributed by atoms with Crippen LogP contribution >= 0.6 is 0 Å². The lowest BCUT2D eigenvalue weighted by atomic mass is 10.1. The topological polar surface area (TPSA) is 35.6 Å². The highest BCUT2D eigenvalue weighted by atomic mass is 19.1. The van der Waals surface area contributed by atoms with Gasteiger partial charge in [-0.3, -0.25) is 4.68 Å². The first kappa shape index (κ1) is 13.5. The molecule has 3 aromatic rings. The Morgan fingerprint density at radius 3 is 2.86 bits per heavy atom. The SMILES string of the molecule is Cc1cc(F)ccc1-c1nccn1CCc1cnn(C)c1. The fraction of sp³-hybridized carbons (Fsp3) is 0.250. The lowest BCUT2D eigenvalue weighted by Crippen LogP contribution is -2.03. The summed E-state index contributed by atoms with van der Waals surface area (Å²) in [4.78, 5) is 4.41. The summed E-state index contributed by atoms with van der Waals surface area (Å²) in [6, 6.07) is 4.80. The minimum absolute atomic E-state index is 0.218. The summed E-state index contributed by atoms with van der Waals surface area (Å²) >= 11 is 0. The third-order valence-corrected chi connectivity index (χ3v) is 3.54. The molecule has 0 aliphatic rings. The molecule has 1 aromatic carbocycles. The molecule has 0 aliphatic carbocycles. The van der Waals surface area contributed by atoms with Crippen LogP contribution < -0.4 is 0 Å². The van der Waals surface area contributed by atoms with Crippen LogP contribution in [0.3, 0.4) is 0 Å². The molecule has 0 saturated heterocycles. The Labute approximate surface area is 122 Å². The van der Waals surface area contributed by atoms with E-state index in [0.717, 1.165) is 29.9 Å². The number of benzene rings is 1. The van der Waals surface area contributed by atoms with Crippen LogP contribution in [0.5, 0.6) is 0 Å². The van der Waals surface area contributed by atoms with Crippen molar-refractivity contribution in [1.29, 1.82) is 0 Å². The molecule has 2 aromatic heterocycles. The summed E-state index contributed by atoms with van der Waals surface area (Å²) in [5.74, 6) is 0.654. The smallest absolute Gasteiger partial charge is 0.140 e. The Morgan fingerprint density at radius 1 is 1.29 bits per heavy atom. The first-order chi connectivity index (χ1) is 10.1. The van der Waals surface area contributed by atoms with Gasteiger partial charge in [0.25, 0.3) is 0 Å². The molecule has 2 heterocycles. The van der Waals surface area contributed by atoms with Crippen molar-refractivity contribution in [3.8, 4) is 11.4 Å². The van der Waals surface area contributed by atoms with E-state index in [-0.39, 0.29) is 5.82 Å². The van der Waals surface area contributed by atoms with Crippen LogP contribution in [0, 0.1) is 12.7 Å². The first-order valence-corrected chi connectivity index (χ1v) is 6.88. The molecule has 0 spiro atoms. The van der Waals surface area contributed by atoms with Gasteiger partial charge in [-0.2, -0.15) is 5.10 Å². The Hall–Kier alpha value is -2.43. The molecule has 3 rings (SSSR count). The summed E-state index contributed by atoms with van der Waals surface area (Å²) in [6.45, 7) is 2.72. The second-order valence-corrected chi connectivity index (χ2v) is 5.18. The third kappa shape index (κ3) is 2.86. The number of aromatic nitrogens is 4. The highest BCUT2D eigenvalue weighted by Gasteiger charge is 2.09. The fourth-order valence-corrected chi connectivity index (χ4v) is 2.46. The van der Waals surface area contributed by atoms with E-state index in [2.05, 4.69) is 14.6 Å². The van der Waals surface area contributed by atoms with Crippen molar-refractivity contribution in [2.24, 2.45) is 7.05 Å². The number of aryl methyl sites for hydroxylation is 4. The average Bonchev–Trinajstić information content (AvgIpc) is 3.05. The van der Waals surface area contributed by atoms with Crippen LogP contribution in [0.4, 0.5) is 4.39 Å². The van der Waals surface area contributed by atoms with Gasteiger partial charge in [0.05, 0.1) is 6.20 Å². The van der Waals surface area contributed by atoms with Crippen LogP contribution in [-0.4, -0.2) is 19.3 Å². The zero-order valence-corrected chi connectivity index (χ0v) is 12.1. The van der Waals surface area contributed by atoms with E-state index in [0.29, 0.717) is 0 Å². The Balaban J connectivity index is 1.83. The van der Waals surface area contributed by atoms with Gasteiger partial charge in [-0.1, -0.05) is 0 Å². The number of halogens is 1. The van der Waals surface area contributed by atoms with Gasteiger partial charge in [0.15, 0.2) is 0 Å². The summed E-state index contributed by atoms with van der Waals surface area (Å²) in [6.07, 6.45) is 8.51. The second kappa shape index (κ2) is 5.52. The highest BCUT2D eigenvalue weighted by molar-refractivity contribution is 5.60. The van der Waals surface area contributed by atoms with E-state index < -0.39 is 0 Å². The van der Waals surface area contributed by atoms with E-state index >= 15 is 0 Å². The minimum atomic E-state index is -0.218. The zero-order chi connectivity index (χ0) is 14.8. The standard InChI is InChI=1S/C16H17FN4/c1-12-9-14(17)3-4-15(12)16-18-6-8-21(16)7-5-13-10-19-20(2)11-13/h3-4,6,8-11H,5,7H2,1-2H3. The molecule has 0 radical (unpaired) electrons. The van der Waals surface area contributed by atoms with E-state index in [4.69, 9.17) is 0 Å². The molecule has 0 fully saturated rings. The van der Waals surface area contributed by atoms with Gasteiger partial charge >= 0.3 is 0 Å². The molecule has 108 valence electrons. The molecule has 0 aliphatic heterocycles. The molecule has 4 nitrogen and oxygen atoms in total. The van der Waals surface area contributed by atoms with Crippen LogP contribution in [-0.2, 0) is 20.0 Å². The minimum Gasteiger partial charge on any atom is -0.331 e. The molecule has 0 atom stereocenters. The molecule has 0 N–H and O–H groups in total. The maximum atomic E-state index is 13.2. The molecule has 0 amide bonds. The highest BCUT2D eigenvalue weighted by Crippen LogP contribution is 2.22. The molecular weight excluding hydrogens is 267 g/mol. The zero-order valence-electron chi connectivity index (χ0n) is 12.1. The van der Waals surface area contributed by atoms with E-state index in [9.17, 15) is 4.39 Å². The lowest BCUT2D eigenvalue weighted by molar-refractivity contribution is 0.626.